The minimum absolute atomic E-state index is 0.413. The molecule has 1 aromatic heterocycles. The van der Waals surface area contributed by atoms with E-state index in [1.165, 1.54) is 0 Å². The average Bonchev–Trinajstić information content (AvgIpc) is 2.36. The van der Waals surface area contributed by atoms with Crippen LogP contribution in [0.4, 0.5) is 5.82 Å². The number of rotatable bonds is 3. The van der Waals surface area contributed by atoms with Crippen LogP contribution in [0.2, 0.25) is 0 Å². The number of nitrogens with zero attached hydrogens (tertiary/aromatic N) is 2. The molecule has 0 aliphatic carbocycles. The Morgan fingerprint density at radius 1 is 1.16 bits per heavy atom. The minimum Gasteiger partial charge on any atom is -0.296 e. The molecule has 2 rings (SSSR count). The van der Waals surface area contributed by atoms with Crippen LogP contribution >= 0.6 is 0 Å². The second-order valence-electron chi connectivity index (χ2n) is 4.57. The Morgan fingerprint density at radius 3 is 2.53 bits per heavy atom. The van der Waals surface area contributed by atoms with Gasteiger partial charge in [-0.2, -0.15) is 0 Å². The van der Waals surface area contributed by atoms with Crippen molar-refractivity contribution in [2.75, 3.05) is 0 Å². The third-order valence-electron chi connectivity index (χ3n) is 2.85. The van der Waals surface area contributed by atoms with Crippen molar-refractivity contribution in [1.82, 2.24) is 4.98 Å². The van der Waals surface area contributed by atoms with E-state index < -0.39 is 0 Å². The number of aldehydes is 1. The van der Waals surface area contributed by atoms with Crippen molar-refractivity contribution in [1.29, 1.82) is 0 Å². The van der Waals surface area contributed by atoms with Gasteiger partial charge in [0.2, 0.25) is 0 Å². The van der Waals surface area contributed by atoms with Gasteiger partial charge < -0.3 is 0 Å². The van der Waals surface area contributed by atoms with Crippen molar-refractivity contribution in [3.63, 3.8) is 0 Å². The van der Waals surface area contributed by atoms with Crippen LogP contribution in [0.25, 0.3) is 0 Å². The van der Waals surface area contributed by atoms with Gasteiger partial charge in [0.05, 0.1) is 0 Å². The molecule has 1 heterocycles. The fraction of sp³-hybridized carbons (Fsp3) is 0.188. The number of hydrogen-bond acceptors (Lipinski definition) is 3. The summed E-state index contributed by atoms with van der Waals surface area (Å²) in [6.45, 7) is 5.87. The minimum atomic E-state index is 0.413. The van der Waals surface area contributed by atoms with E-state index in [0.717, 1.165) is 28.7 Å². The Balaban J connectivity index is 2.50. The summed E-state index contributed by atoms with van der Waals surface area (Å²) < 4.78 is 0. The van der Waals surface area contributed by atoms with Crippen molar-refractivity contribution < 1.29 is 4.79 Å². The molecule has 0 radical (unpaired) electrons. The first-order valence-electron chi connectivity index (χ1n) is 6.15. The molecule has 3 heteroatoms. The third-order valence-corrected chi connectivity index (χ3v) is 2.85. The zero-order valence-electron chi connectivity index (χ0n) is 11.3. The molecule has 96 valence electrons. The normalized spacial score (nSPS) is 11.4. The molecule has 0 aliphatic rings. The van der Waals surface area contributed by atoms with Crippen LogP contribution in [-0.4, -0.2) is 17.0 Å². The second kappa shape index (κ2) is 5.57. The summed E-state index contributed by atoms with van der Waals surface area (Å²) >= 11 is 0. The maximum atomic E-state index is 11.3. The Bertz CT molecular complexity index is 625. The lowest BCUT2D eigenvalue weighted by Crippen LogP contribution is -2.04. The van der Waals surface area contributed by atoms with Crippen molar-refractivity contribution >= 4 is 17.8 Å². The lowest BCUT2D eigenvalue weighted by Gasteiger charge is -2.04. The number of aliphatic imine (C=N–C) groups is 1. The molecule has 0 amide bonds. The predicted octanol–water partition coefficient (Wildman–Crippen LogP) is 3.33. The van der Waals surface area contributed by atoms with E-state index >= 15 is 0 Å². The lowest BCUT2D eigenvalue weighted by atomic mass is 10.1. The van der Waals surface area contributed by atoms with Gasteiger partial charge in [-0.1, -0.05) is 24.3 Å². The number of hydrogen-bond donors (Lipinski definition) is 0. The first kappa shape index (κ1) is 13.1. The molecule has 3 nitrogen and oxygen atoms in total. The molecule has 0 fully saturated rings. The fourth-order valence-electron chi connectivity index (χ4n) is 2.01. The molecule has 0 atom stereocenters. The van der Waals surface area contributed by atoms with Gasteiger partial charge in [-0.15, -0.1) is 0 Å². The monoisotopic (exact) mass is 252 g/mol. The summed E-state index contributed by atoms with van der Waals surface area (Å²) in [5, 5.41) is 0. The van der Waals surface area contributed by atoms with Gasteiger partial charge in [-0.05, 0) is 44.0 Å². The highest BCUT2D eigenvalue weighted by atomic mass is 16.1. The van der Waals surface area contributed by atoms with E-state index in [9.17, 15) is 4.79 Å². The molecule has 2 aromatic rings. The van der Waals surface area contributed by atoms with E-state index in [-0.39, 0.29) is 0 Å². The van der Waals surface area contributed by atoms with Gasteiger partial charge in [0.15, 0.2) is 12.1 Å². The number of carbonyl (C=O) groups excluding carboxylic acids is 1. The molecule has 0 bridgehead atoms. The predicted molar refractivity (Wildman–Crippen MR) is 77.2 cm³/mol. The van der Waals surface area contributed by atoms with Crippen LogP contribution in [0, 0.1) is 20.8 Å². The van der Waals surface area contributed by atoms with Crippen molar-refractivity contribution in [2.45, 2.75) is 20.8 Å². The molecule has 0 saturated carbocycles. The van der Waals surface area contributed by atoms with Gasteiger partial charge in [-0.3, -0.25) is 4.79 Å². The maximum Gasteiger partial charge on any atom is 0.169 e. The lowest BCUT2D eigenvalue weighted by molar-refractivity contribution is -0.102. The standard InChI is InChI=1S/C16H16N2O/c1-11-8-13(3)17-16(9-11)18-15(10-19)14-7-5-4-6-12(14)2/h4-10H,1-3H3. The highest BCUT2D eigenvalue weighted by molar-refractivity contribution is 6.37. The maximum absolute atomic E-state index is 11.3. The Hall–Kier alpha value is -2.29. The zero-order chi connectivity index (χ0) is 13.8. The SMILES string of the molecule is Cc1cc(C)nc(N=C(C=O)c2ccccc2C)c1. The summed E-state index contributed by atoms with van der Waals surface area (Å²) in [5.74, 6) is 0.572. The second-order valence-corrected chi connectivity index (χ2v) is 4.57. The highest BCUT2D eigenvalue weighted by Gasteiger charge is 2.06. The van der Waals surface area contributed by atoms with Crippen LogP contribution in [0.1, 0.15) is 22.4 Å². The van der Waals surface area contributed by atoms with E-state index in [0.29, 0.717) is 11.5 Å². The third kappa shape index (κ3) is 3.13. The first-order chi connectivity index (χ1) is 9.10. The topological polar surface area (TPSA) is 42.3 Å². The molecule has 0 N–H and O–H groups in total. The van der Waals surface area contributed by atoms with Crippen LogP contribution in [0.15, 0.2) is 41.4 Å². The molecular weight excluding hydrogens is 236 g/mol. The summed E-state index contributed by atoms with van der Waals surface area (Å²) in [7, 11) is 0. The van der Waals surface area contributed by atoms with E-state index in [1.807, 2.05) is 57.2 Å². The smallest absolute Gasteiger partial charge is 0.169 e. The Morgan fingerprint density at radius 2 is 1.89 bits per heavy atom. The number of carbonyl (C=O) groups is 1. The Kier molecular flexibility index (Phi) is 3.85. The number of benzene rings is 1. The number of aryl methyl sites for hydroxylation is 3. The quantitative estimate of drug-likeness (QED) is 0.621. The zero-order valence-corrected chi connectivity index (χ0v) is 11.3. The van der Waals surface area contributed by atoms with Crippen LogP contribution in [0.3, 0.4) is 0 Å². The summed E-state index contributed by atoms with van der Waals surface area (Å²) in [4.78, 5) is 20.0. The van der Waals surface area contributed by atoms with Crippen LogP contribution in [0.5, 0.6) is 0 Å². The number of aromatic nitrogens is 1. The number of pyridine rings is 1. The summed E-state index contributed by atoms with van der Waals surface area (Å²) in [5.41, 5.74) is 4.27. The van der Waals surface area contributed by atoms with Crippen molar-refractivity contribution in [2.24, 2.45) is 4.99 Å². The van der Waals surface area contributed by atoms with Gasteiger partial charge >= 0.3 is 0 Å². The first-order valence-corrected chi connectivity index (χ1v) is 6.15. The molecule has 0 saturated heterocycles. The van der Waals surface area contributed by atoms with E-state index in [1.54, 1.807) is 0 Å². The van der Waals surface area contributed by atoms with Gasteiger partial charge in [-0.25, -0.2) is 9.98 Å². The summed E-state index contributed by atoms with van der Waals surface area (Å²) in [6, 6.07) is 11.5. The molecule has 0 unspecified atom stereocenters. The molecule has 0 aliphatic heterocycles. The van der Waals surface area contributed by atoms with E-state index in [4.69, 9.17) is 0 Å². The van der Waals surface area contributed by atoms with Gasteiger partial charge in [0.1, 0.15) is 5.71 Å². The van der Waals surface area contributed by atoms with Gasteiger partial charge in [0.25, 0.3) is 0 Å². The molecule has 1 aromatic carbocycles. The van der Waals surface area contributed by atoms with E-state index in [2.05, 4.69) is 9.98 Å². The molecular formula is C16H16N2O. The average molecular weight is 252 g/mol. The van der Waals surface area contributed by atoms with Crippen LogP contribution in [-0.2, 0) is 4.79 Å². The fourth-order valence-corrected chi connectivity index (χ4v) is 2.01. The van der Waals surface area contributed by atoms with Crippen molar-refractivity contribution in [3.05, 3.63) is 58.8 Å². The highest BCUT2D eigenvalue weighted by Crippen LogP contribution is 2.15. The van der Waals surface area contributed by atoms with Gasteiger partial charge in [0, 0.05) is 11.3 Å². The van der Waals surface area contributed by atoms with Crippen LogP contribution < -0.4 is 0 Å². The van der Waals surface area contributed by atoms with Crippen molar-refractivity contribution in [3.8, 4) is 0 Å². The summed E-state index contributed by atoms with van der Waals surface area (Å²) in [6.07, 6.45) is 0.779. The molecule has 0 spiro atoms. The Labute approximate surface area is 113 Å². The largest absolute Gasteiger partial charge is 0.296 e. The molecule has 19 heavy (non-hydrogen) atoms.